The smallest absolute Gasteiger partial charge is 0.255 e. The first-order valence-electron chi connectivity index (χ1n) is 5.50. The lowest BCUT2D eigenvalue weighted by Gasteiger charge is -2.28. The highest BCUT2D eigenvalue weighted by molar-refractivity contribution is 6.31. The molecule has 7 heteroatoms. The maximum Gasteiger partial charge on any atom is 0.255 e. The molecule has 0 aliphatic carbocycles. The Hall–Kier alpha value is -1.34. The standard InChI is InChI=1S/C12H16ClNO5/c1-19-10-3-2-8(13)4-9(10)11(18)14-12(5-15,6-16)7-17/h2-4,15-17H,5-7H2,1H3,(H,14,18). The Labute approximate surface area is 115 Å². The molecule has 1 aromatic rings. The number of aliphatic hydroxyl groups is 3. The summed E-state index contributed by atoms with van der Waals surface area (Å²) < 4.78 is 5.03. The fraction of sp³-hybridized carbons (Fsp3) is 0.417. The van der Waals surface area contributed by atoms with E-state index < -0.39 is 31.3 Å². The molecule has 0 saturated carbocycles. The van der Waals surface area contributed by atoms with Crippen LogP contribution in [0.4, 0.5) is 0 Å². The molecule has 0 bridgehead atoms. The van der Waals surface area contributed by atoms with Gasteiger partial charge in [0.1, 0.15) is 11.3 Å². The van der Waals surface area contributed by atoms with Crippen LogP contribution < -0.4 is 10.1 Å². The Bertz CT molecular complexity index is 439. The molecule has 1 rings (SSSR count). The third-order valence-corrected chi connectivity index (χ3v) is 2.93. The van der Waals surface area contributed by atoms with Gasteiger partial charge in [-0.3, -0.25) is 4.79 Å². The zero-order valence-electron chi connectivity index (χ0n) is 10.4. The monoisotopic (exact) mass is 289 g/mol. The quantitative estimate of drug-likeness (QED) is 0.581. The third kappa shape index (κ3) is 3.57. The van der Waals surface area contributed by atoms with Gasteiger partial charge >= 0.3 is 0 Å². The molecule has 0 aromatic heterocycles. The van der Waals surface area contributed by atoms with Gasteiger partial charge in [0.05, 0.1) is 32.5 Å². The Morgan fingerprint density at radius 3 is 2.37 bits per heavy atom. The van der Waals surface area contributed by atoms with Gasteiger partial charge in [-0.15, -0.1) is 0 Å². The maximum atomic E-state index is 12.1. The average molecular weight is 290 g/mol. The first-order chi connectivity index (χ1) is 9.01. The van der Waals surface area contributed by atoms with E-state index in [0.717, 1.165) is 0 Å². The minimum absolute atomic E-state index is 0.148. The zero-order valence-corrected chi connectivity index (χ0v) is 11.1. The van der Waals surface area contributed by atoms with Crippen molar-refractivity contribution in [3.8, 4) is 5.75 Å². The topological polar surface area (TPSA) is 99.0 Å². The van der Waals surface area contributed by atoms with Crippen LogP contribution in [0.3, 0.4) is 0 Å². The van der Waals surface area contributed by atoms with E-state index in [2.05, 4.69) is 5.32 Å². The van der Waals surface area contributed by atoms with Crippen LogP contribution in [-0.2, 0) is 0 Å². The lowest BCUT2D eigenvalue weighted by atomic mass is 10.0. The first-order valence-corrected chi connectivity index (χ1v) is 5.88. The molecule has 1 amide bonds. The Morgan fingerprint density at radius 1 is 1.32 bits per heavy atom. The summed E-state index contributed by atoms with van der Waals surface area (Å²) in [6.45, 7) is -1.81. The summed E-state index contributed by atoms with van der Waals surface area (Å²) in [6, 6.07) is 4.48. The van der Waals surface area contributed by atoms with E-state index >= 15 is 0 Å². The summed E-state index contributed by atoms with van der Waals surface area (Å²) in [7, 11) is 1.40. The summed E-state index contributed by atoms with van der Waals surface area (Å²) in [5.74, 6) is -0.318. The number of amides is 1. The number of hydrogen-bond acceptors (Lipinski definition) is 5. The van der Waals surface area contributed by atoms with Crippen LogP contribution >= 0.6 is 11.6 Å². The van der Waals surface area contributed by atoms with E-state index in [1.807, 2.05) is 0 Å². The molecule has 0 unspecified atom stereocenters. The summed E-state index contributed by atoms with van der Waals surface area (Å²) in [4.78, 5) is 12.1. The average Bonchev–Trinajstić information content (AvgIpc) is 2.44. The highest BCUT2D eigenvalue weighted by Gasteiger charge is 2.31. The second-order valence-corrected chi connectivity index (χ2v) is 4.49. The summed E-state index contributed by atoms with van der Waals surface area (Å²) in [6.07, 6.45) is 0. The zero-order chi connectivity index (χ0) is 14.5. The van der Waals surface area contributed by atoms with Crippen LogP contribution in [0.5, 0.6) is 5.75 Å². The number of halogens is 1. The molecular weight excluding hydrogens is 274 g/mol. The van der Waals surface area contributed by atoms with Crippen LogP contribution in [0.25, 0.3) is 0 Å². The lowest BCUT2D eigenvalue weighted by Crippen LogP contribution is -2.57. The number of hydrogen-bond donors (Lipinski definition) is 4. The molecule has 19 heavy (non-hydrogen) atoms. The van der Waals surface area contributed by atoms with E-state index in [0.29, 0.717) is 10.8 Å². The Balaban J connectivity index is 3.03. The third-order valence-electron chi connectivity index (χ3n) is 2.69. The molecule has 1 aromatic carbocycles. The number of carbonyl (C=O) groups is 1. The SMILES string of the molecule is COc1ccc(Cl)cc1C(=O)NC(CO)(CO)CO. The van der Waals surface area contributed by atoms with Gasteiger partial charge in [-0.1, -0.05) is 11.6 Å². The predicted octanol–water partition coefficient (Wildman–Crippen LogP) is -0.206. The number of aliphatic hydroxyl groups excluding tert-OH is 3. The lowest BCUT2D eigenvalue weighted by molar-refractivity contribution is 0.0374. The minimum Gasteiger partial charge on any atom is -0.496 e. The van der Waals surface area contributed by atoms with Gasteiger partial charge < -0.3 is 25.4 Å². The van der Waals surface area contributed by atoms with E-state index in [1.54, 1.807) is 6.07 Å². The van der Waals surface area contributed by atoms with Crippen molar-refractivity contribution in [3.05, 3.63) is 28.8 Å². The molecule has 0 heterocycles. The van der Waals surface area contributed by atoms with Crippen molar-refractivity contribution in [1.29, 1.82) is 0 Å². The van der Waals surface area contributed by atoms with Gasteiger partial charge in [0.25, 0.3) is 5.91 Å². The molecule has 0 atom stereocenters. The van der Waals surface area contributed by atoms with Gasteiger partial charge in [-0.2, -0.15) is 0 Å². The molecule has 0 saturated heterocycles. The van der Waals surface area contributed by atoms with Crippen molar-refractivity contribution in [2.45, 2.75) is 5.54 Å². The molecule has 0 aliphatic heterocycles. The summed E-state index contributed by atoms with van der Waals surface area (Å²) >= 11 is 5.81. The normalized spacial score (nSPS) is 11.2. The number of methoxy groups -OCH3 is 1. The van der Waals surface area contributed by atoms with Crippen molar-refractivity contribution >= 4 is 17.5 Å². The van der Waals surface area contributed by atoms with Crippen molar-refractivity contribution in [3.63, 3.8) is 0 Å². The summed E-state index contributed by atoms with van der Waals surface area (Å²) in [5, 5.41) is 30.2. The van der Waals surface area contributed by atoms with E-state index in [1.165, 1.54) is 19.2 Å². The van der Waals surface area contributed by atoms with Gasteiger partial charge in [0.15, 0.2) is 0 Å². The fourth-order valence-electron chi connectivity index (χ4n) is 1.43. The van der Waals surface area contributed by atoms with Gasteiger partial charge in [0, 0.05) is 5.02 Å². The van der Waals surface area contributed by atoms with Crippen molar-refractivity contribution < 1.29 is 24.9 Å². The van der Waals surface area contributed by atoms with Crippen LogP contribution in [0.2, 0.25) is 5.02 Å². The van der Waals surface area contributed by atoms with E-state index in [-0.39, 0.29) is 5.56 Å². The molecule has 0 fully saturated rings. The van der Waals surface area contributed by atoms with Crippen LogP contribution in [-0.4, -0.2) is 53.7 Å². The second-order valence-electron chi connectivity index (χ2n) is 4.05. The molecular formula is C12H16ClNO5. The van der Waals surface area contributed by atoms with Gasteiger partial charge in [0.2, 0.25) is 0 Å². The molecule has 0 aliphatic rings. The van der Waals surface area contributed by atoms with Crippen LogP contribution in [0.15, 0.2) is 18.2 Å². The van der Waals surface area contributed by atoms with Gasteiger partial charge in [-0.25, -0.2) is 0 Å². The van der Waals surface area contributed by atoms with Crippen LogP contribution in [0, 0.1) is 0 Å². The molecule has 4 N–H and O–H groups in total. The fourth-order valence-corrected chi connectivity index (χ4v) is 1.61. The number of benzene rings is 1. The number of ether oxygens (including phenoxy) is 1. The van der Waals surface area contributed by atoms with Gasteiger partial charge in [-0.05, 0) is 18.2 Å². The van der Waals surface area contributed by atoms with Crippen LogP contribution in [0.1, 0.15) is 10.4 Å². The van der Waals surface area contributed by atoms with E-state index in [9.17, 15) is 4.79 Å². The largest absolute Gasteiger partial charge is 0.496 e. The van der Waals surface area contributed by atoms with Crippen molar-refractivity contribution in [2.75, 3.05) is 26.9 Å². The number of rotatable bonds is 6. The predicted molar refractivity (Wildman–Crippen MR) is 69.5 cm³/mol. The molecule has 6 nitrogen and oxygen atoms in total. The highest BCUT2D eigenvalue weighted by atomic mass is 35.5. The molecule has 106 valence electrons. The van der Waals surface area contributed by atoms with Crippen molar-refractivity contribution in [2.24, 2.45) is 0 Å². The number of carbonyl (C=O) groups excluding carboxylic acids is 1. The molecule has 0 spiro atoms. The number of nitrogens with one attached hydrogen (secondary N) is 1. The Morgan fingerprint density at radius 2 is 1.89 bits per heavy atom. The van der Waals surface area contributed by atoms with Crippen molar-refractivity contribution in [1.82, 2.24) is 5.32 Å². The summed E-state index contributed by atoms with van der Waals surface area (Å²) in [5.41, 5.74) is -1.35. The van der Waals surface area contributed by atoms with E-state index in [4.69, 9.17) is 31.7 Å². The Kier molecular flexibility index (Phi) is 5.56. The highest BCUT2D eigenvalue weighted by Crippen LogP contribution is 2.23. The molecule has 0 radical (unpaired) electrons. The second kappa shape index (κ2) is 6.72. The maximum absolute atomic E-state index is 12.1. The minimum atomic E-state index is -1.50. The first kappa shape index (κ1) is 15.7.